The van der Waals surface area contributed by atoms with Gasteiger partial charge in [-0.15, -0.1) is 0 Å². The van der Waals surface area contributed by atoms with Crippen LogP contribution >= 0.6 is 0 Å². The summed E-state index contributed by atoms with van der Waals surface area (Å²) >= 11 is 0. The summed E-state index contributed by atoms with van der Waals surface area (Å²) in [6.07, 6.45) is 6.52. The fraction of sp³-hybridized carbons (Fsp3) is 0.462. The molecule has 0 aromatic rings. The van der Waals surface area contributed by atoms with E-state index in [0.717, 1.165) is 11.3 Å². The molecule has 0 saturated heterocycles. The lowest BCUT2D eigenvalue weighted by molar-refractivity contribution is -0.116. The standard InChI is InChI=1S/C13H20O3/c1-5-6-13(16-4)12(9-10-15-3)8-7-11(2)14/h5-6,9H,1,7-8,10H2,2-4H3/b12-9-,13-6+. The van der Waals surface area contributed by atoms with E-state index in [2.05, 4.69) is 6.58 Å². The Morgan fingerprint density at radius 2 is 2.00 bits per heavy atom. The third-order valence-electron chi connectivity index (χ3n) is 2.05. The molecule has 0 atom stereocenters. The number of ether oxygens (including phenoxy) is 2. The summed E-state index contributed by atoms with van der Waals surface area (Å²) in [7, 11) is 3.23. The summed E-state index contributed by atoms with van der Waals surface area (Å²) < 4.78 is 10.2. The van der Waals surface area contributed by atoms with Gasteiger partial charge in [0.15, 0.2) is 0 Å². The molecule has 0 radical (unpaired) electrons. The van der Waals surface area contributed by atoms with Crippen LogP contribution in [-0.2, 0) is 14.3 Å². The Hall–Kier alpha value is -1.35. The number of hydrogen-bond donors (Lipinski definition) is 0. The molecule has 0 N–H and O–H groups in total. The summed E-state index contributed by atoms with van der Waals surface area (Å²) in [5, 5.41) is 0. The van der Waals surface area contributed by atoms with Crippen LogP contribution in [-0.4, -0.2) is 26.6 Å². The number of allylic oxidation sites excluding steroid dienone is 3. The summed E-state index contributed by atoms with van der Waals surface area (Å²) in [4.78, 5) is 11.0. The maximum atomic E-state index is 11.0. The van der Waals surface area contributed by atoms with E-state index >= 15 is 0 Å². The molecular formula is C13H20O3. The zero-order valence-electron chi connectivity index (χ0n) is 10.3. The van der Waals surface area contributed by atoms with Crippen LogP contribution in [0.25, 0.3) is 0 Å². The van der Waals surface area contributed by atoms with E-state index in [1.54, 1.807) is 33.3 Å². The van der Waals surface area contributed by atoms with Crippen molar-refractivity contribution >= 4 is 5.78 Å². The molecule has 0 saturated carbocycles. The van der Waals surface area contributed by atoms with Gasteiger partial charge in [-0.3, -0.25) is 0 Å². The van der Waals surface area contributed by atoms with Crippen molar-refractivity contribution in [2.24, 2.45) is 0 Å². The van der Waals surface area contributed by atoms with Gasteiger partial charge in [-0.1, -0.05) is 18.7 Å². The van der Waals surface area contributed by atoms with Crippen molar-refractivity contribution in [3.63, 3.8) is 0 Å². The molecule has 0 fully saturated rings. The Bertz CT molecular complexity index is 288. The van der Waals surface area contributed by atoms with E-state index in [4.69, 9.17) is 9.47 Å². The molecule has 3 heteroatoms. The monoisotopic (exact) mass is 224 g/mol. The summed E-state index contributed by atoms with van der Waals surface area (Å²) in [5.41, 5.74) is 0.972. The lowest BCUT2D eigenvalue weighted by Crippen LogP contribution is -1.99. The van der Waals surface area contributed by atoms with E-state index in [1.165, 1.54) is 0 Å². The van der Waals surface area contributed by atoms with Crippen LogP contribution < -0.4 is 0 Å². The highest BCUT2D eigenvalue weighted by molar-refractivity contribution is 5.75. The molecule has 0 aromatic heterocycles. The second kappa shape index (κ2) is 8.92. The van der Waals surface area contributed by atoms with Crippen LogP contribution in [0.4, 0.5) is 0 Å². The Kier molecular flexibility index (Phi) is 8.17. The highest BCUT2D eigenvalue weighted by atomic mass is 16.5. The fourth-order valence-corrected chi connectivity index (χ4v) is 1.23. The first-order chi connectivity index (χ1) is 7.65. The fourth-order valence-electron chi connectivity index (χ4n) is 1.23. The summed E-state index contributed by atoms with van der Waals surface area (Å²) in [6, 6.07) is 0. The molecule has 0 bridgehead atoms. The Morgan fingerprint density at radius 3 is 2.44 bits per heavy atom. The van der Waals surface area contributed by atoms with Crippen LogP contribution in [0, 0.1) is 0 Å². The zero-order chi connectivity index (χ0) is 12.4. The van der Waals surface area contributed by atoms with Crippen molar-refractivity contribution in [3.8, 4) is 0 Å². The number of carbonyl (C=O) groups is 1. The van der Waals surface area contributed by atoms with Gasteiger partial charge in [-0.2, -0.15) is 0 Å². The highest BCUT2D eigenvalue weighted by Crippen LogP contribution is 2.17. The quantitative estimate of drug-likeness (QED) is 0.469. The number of carbonyl (C=O) groups excluding carboxylic acids is 1. The lowest BCUT2D eigenvalue weighted by atomic mass is 10.1. The number of methoxy groups -OCH3 is 2. The molecule has 3 nitrogen and oxygen atoms in total. The van der Waals surface area contributed by atoms with Crippen molar-refractivity contribution in [2.75, 3.05) is 20.8 Å². The molecule has 0 unspecified atom stereocenters. The Labute approximate surface area is 97.4 Å². The summed E-state index contributed by atoms with van der Waals surface area (Å²) in [6.45, 7) is 5.71. The average molecular weight is 224 g/mol. The maximum absolute atomic E-state index is 11.0. The van der Waals surface area contributed by atoms with E-state index in [-0.39, 0.29) is 5.78 Å². The van der Waals surface area contributed by atoms with E-state index in [0.29, 0.717) is 19.4 Å². The molecule has 0 amide bonds. The van der Waals surface area contributed by atoms with Crippen LogP contribution in [0.5, 0.6) is 0 Å². The molecule has 0 aliphatic carbocycles. The van der Waals surface area contributed by atoms with Crippen molar-refractivity contribution in [1.82, 2.24) is 0 Å². The van der Waals surface area contributed by atoms with Gasteiger partial charge in [0.05, 0.1) is 13.7 Å². The molecule has 16 heavy (non-hydrogen) atoms. The minimum Gasteiger partial charge on any atom is -0.496 e. The van der Waals surface area contributed by atoms with Gasteiger partial charge in [-0.05, 0) is 25.0 Å². The third kappa shape index (κ3) is 6.19. The van der Waals surface area contributed by atoms with Gasteiger partial charge >= 0.3 is 0 Å². The zero-order valence-corrected chi connectivity index (χ0v) is 10.3. The number of Topliss-reactive ketones (excluding diaryl/α,β-unsaturated/α-hetero) is 1. The molecule has 0 heterocycles. The van der Waals surface area contributed by atoms with Crippen molar-refractivity contribution in [3.05, 3.63) is 36.1 Å². The first-order valence-corrected chi connectivity index (χ1v) is 5.20. The van der Waals surface area contributed by atoms with E-state index in [1.807, 2.05) is 6.08 Å². The predicted molar refractivity (Wildman–Crippen MR) is 65.2 cm³/mol. The first kappa shape index (κ1) is 14.6. The van der Waals surface area contributed by atoms with Crippen molar-refractivity contribution in [1.29, 1.82) is 0 Å². The lowest BCUT2D eigenvalue weighted by Gasteiger charge is -2.10. The molecule has 0 aromatic carbocycles. The van der Waals surface area contributed by atoms with E-state index < -0.39 is 0 Å². The number of rotatable bonds is 8. The molecule has 0 aliphatic heterocycles. The van der Waals surface area contributed by atoms with Crippen molar-refractivity contribution < 1.29 is 14.3 Å². The van der Waals surface area contributed by atoms with Gasteiger partial charge < -0.3 is 14.3 Å². The van der Waals surface area contributed by atoms with Crippen LogP contribution in [0.15, 0.2) is 36.1 Å². The maximum Gasteiger partial charge on any atom is 0.130 e. The normalized spacial score (nSPS) is 12.4. The summed E-state index contributed by atoms with van der Waals surface area (Å²) in [5.74, 6) is 0.894. The molecule has 0 aliphatic rings. The number of hydrogen-bond acceptors (Lipinski definition) is 3. The van der Waals surface area contributed by atoms with Gasteiger partial charge in [0, 0.05) is 13.5 Å². The molecular weight excluding hydrogens is 204 g/mol. The predicted octanol–water partition coefficient (Wildman–Crippen LogP) is 2.64. The SMILES string of the molecule is C=C/C=C(OC)\C(=C/COC)CCC(C)=O. The van der Waals surface area contributed by atoms with Gasteiger partial charge in [-0.25, -0.2) is 0 Å². The topological polar surface area (TPSA) is 35.5 Å². The van der Waals surface area contributed by atoms with Crippen LogP contribution in [0.2, 0.25) is 0 Å². The molecule has 0 spiro atoms. The molecule has 0 rings (SSSR count). The first-order valence-electron chi connectivity index (χ1n) is 5.20. The van der Waals surface area contributed by atoms with E-state index in [9.17, 15) is 4.79 Å². The second-order valence-electron chi connectivity index (χ2n) is 3.36. The Morgan fingerprint density at radius 1 is 1.31 bits per heavy atom. The Balaban J connectivity index is 4.69. The van der Waals surface area contributed by atoms with Gasteiger partial charge in [0.25, 0.3) is 0 Å². The average Bonchev–Trinajstić information content (AvgIpc) is 2.26. The molecule has 90 valence electrons. The van der Waals surface area contributed by atoms with Gasteiger partial charge in [0.1, 0.15) is 11.5 Å². The van der Waals surface area contributed by atoms with Crippen LogP contribution in [0.3, 0.4) is 0 Å². The van der Waals surface area contributed by atoms with Gasteiger partial charge in [0.2, 0.25) is 0 Å². The minimum absolute atomic E-state index is 0.164. The largest absolute Gasteiger partial charge is 0.496 e. The van der Waals surface area contributed by atoms with Crippen LogP contribution in [0.1, 0.15) is 19.8 Å². The second-order valence-corrected chi connectivity index (χ2v) is 3.36. The van der Waals surface area contributed by atoms with Crippen molar-refractivity contribution in [2.45, 2.75) is 19.8 Å². The number of ketones is 1. The minimum atomic E-state index is 0.164. The third-order valence-corrected chi connectivity index (χ3v) is 2.05. The smallest absolute Gasteiger partial charge is 0.130 e. The highest BCUT2D eigenvalue weighted by Gasteiger charge is 2.06.